The van der Waals surface area contributed by atoms with Crippen LogP contribution in [0.25, 0.3) is 10.9 Å². The van der Waals surface area contributed by atoms with Crippen LogP contribution in [0.5, 0.6) is 0 Å². The van der Waals surface area contributed by atoms with E-state index in [0.717, 1.165) is 17.3 Å². The first-order valence-corrected chi connectivity index (χ1v) is 8.27. The Kier molecular flexibility index (Phi) is 4.38. The number of amides is 1. The van der Waals surface area contributed by atoms with Gasteiger partial charge in [-0.25, -0.2) is 0 Å². The number of nitrogens with zero attached hydrogens (tertiary/aromatic N) is 1. The van der Waals surface area contributed by atoms with Crippen molar-refractivity contribution >= 4 is 16.8 Å². The molecule has 0 spiro atoms. The number of hydrogen-bond donors (Lipinski definition) is 2. The van der Waals surface area contributed by atoms with Gasteiger partial charge in [-0.2, -0.15) is 5.10 Å². The van der Waals surface area contributed by atoms with Crippen LogP contribution >= 0.6 is 0 Å². The van der Waals surface area contributed by atoms with E-state index < -0.39 is 0 Å². The van der Waals surface area contributed by atoms with Crippen molar-refractivity contribution in [3.05, 3.63) is 65.9 Å². The first-order valence-electron chi connectivity index (χ1n) is 8.27. The van der Waals surface area contributed by atoms with Crippen molar-refractivity contribution in [2.24, 2.45) is 0 Å². The third kappa shape index (κ3) is 3.32. The van der Waals surface area contributed by atoms with Crippen LogP contribution in [0.3, 0.4) is 0 Å². The Morgan fingerprint density at radius 1 is 1.12 bits per heavy atom. The first kappa shape index (κ1) is 16.2. The average molecular weight is 321 g/mol. The molecule has 3 aromatic rings. The van der Waals surface area contributed by atoms with Crippen LogP contribution < -0.4 is 5.32 Å². The lowest BCUT2D eigenvalue weighted by molar-refractivity contribution is 0.0931. The summed E-state index contributed by atoms with van der Waals surface area (Å²) in [6, 6.07) is 18.1. The van der Waals surface area contributed by atoms with Crippen molar-refractivity contribution in [1.82, 2.24) is 15.5 Å². The fraction of sp³-hybridized carbons (Fsp3) is 0.300. The topological polar surface area (TPSA) is 57.8 Å². The second-order valence-electron chi connectivity index (χ2n) is 6.95. The molecular weight excluding hydrogens is 298 g/mol. The molecule has 0 bridgehead atoms. The normalized spacial score (nSPS) is 13.0. The average Bonchev–Trinajstić information content (AvgIpc) is 2.99. The molecule has 0 aliphatic heterocycles. The summed E-state index contributed by atoms with van der Waals surface area (Å²) in [5, 5.41) is 11.0. The van der Waals surface area contributed by atoms with E-state index in [9.17, 15) is 4.79 Å². The van der Waals surface area contributed by atoms with E-state index in [2.05, 4.69) is 53.6 Å². The number of aromatic amines is 1. The summed E-state index contributed by atoms with van der Waals surface area (Å²) in [5.74, 6) is -0.135. The number of carbonyl (C=O) groups is 1. The fourth-order valence-corrected chi connectivity index (χ4v) is 3.25. The standard InChI is InChI=1S/C20H23N3O/c1-14(13-20(2,3)15-9-5-4-6-10-15)21-19(24)18-16-11-7-8-12-17(16)22-23-18/h4-12,14H,13H2,1-3H3,(H,21,24)(H,22,23)/t14-/m1/s1. The molecule has 0 aliphatic carbocycles. The summed E-state index contributed by atoms with van der Waals surface area (Å²) < 4.78 is 0. The molecule has 0 fully saturated rings. The van der Waals surface area contributed by atoms with Crippen LogP contribution in [0.15, 0.2) is 54.6 Å². The fourth-order valence-electron chi connectivity index (χ4n) is 3.25. The second kappa shape index (κ2) is 6.48. The van der Waals surface area contributed by atoms with Gasteiger partial charge in [0.25, 0.3) is 5.91 Å². The van der Waals surface area contributed by atoms with Crippen molar-refractivity contribution in [3.8, 4) is 0 Å². The highest BCUT2D eigenvalue weighted by Gasteiger charge is 2.25. The minimum Gasteiger partial charge on any atom is -0.348 e. The van der Waals surface area contributed by atoms with Crippen LogP contribution in [0.4, 0.5) is 0 Å². The zero-order valence-electron chi connectivity index (χ0n) is 14.3. The molecule has 0 radical (unpaired) electrons. The first-order chi connectivity index (χ1) is 11.5. The Labute approximate surface area is 142 Å². The van der Waals surface area contributed by atoms with Gasteiger partial charge in [-0.05, 0) is 30.4 Å². The third-order valence-corrected chi connectivity index (χ3v) is 4.43. The Balaban J connectivity index is 1.70. The SMILES string of the molecule is C[C@H](CC(C)(C)c1ccccc1)NC(=O)c1n[nH]c2ccccc12. The van der Waals surface area contributed by atoms with Gasteiger partial charge in [-0.3, -0.25) is 9.89 Å². The Morgan fingerprint density at radius 3 is 2.54 bits per heavy atom. The van der Waals surface area contributed by atoms with Crippen molar-refractivity contribution in [2.75, 3.05) is 0 Å². The third-order valence-electron chi connectivity index (χ3n) is 4.43. The quantitative estimate of drug-likeness (QED) is 0.745. The lowest BCUT2D eigenvalue weighted by Crippen LogP contribution is -2.37. The van der Waals surface area contributed by atoms with Gasteiger partial charge in [0.1, 0.15) is 0 Å². The molecule has 1 atom stereocenters. The van der Waals surface area contributed by atoms with Gasteiger partial charge in [0.05, 0.1) is 5.52 Å². The minimum absolute atomic E-state index is 0.0123. The maximum absolute atomic E-state index is 12.6. The Morgan fingerprint density at radius 2 is 1.79 bits per heavy atom. The predicted molar refractivity (Wildman–Crippen MR) is 97.1 cm³/mol. The van der Waals surface area contributed by atoms with E-state index in [1.165, 1.54) is 5.56 Å². The maximum Gasteiger partial charge on any atom is 0.272 e. The van der Waals surface area contributed by atoms with Crippen LogP contribution in [0, 0.1) is 0 Å². The molecule has 3 rings (SSSR count). The molecule has 1 amide bonds. The number of benzene rings is 2. The van der Waals surface area contributed by atoms with E-state index in [1.54, 1.807) is 0 Å². The van der Waals surface area contributed by atoms with E-state index in [-0.39, 0.29) is 17.4 Å². The molecule has 1 heterocycles. The highest BCUT2D eigenvalue weighted by atomic mass is 16.2. The van der Waals surface area contributed by atoms with Gasteiger partial charge in [0.15, 0.2) is 5.69 Å². The van der Waals surface area contributed by atoms with E-state index in [1.807, 2.05) is 37.3 Å². The van der Waals surface area contributed by atoms with Gasteiger partial charge < -0.3 is 5.32 Å². The van der Waals surface area contributed by atoms with Gasteiger partial charge >= 0.3 is 0 Å². The number of aromatic nitrogens is 2. The lowest BCUT2D eigenvalue weighted by atomic mass is 9.79. The molecule has 24 heavy (non-hydrogen) atoms. The van der Waals surface area contributed by atoms with Gasteiger partial charge in [0, 0.05) is 11.4 Å². The predicted octanol–water partition coefficient (Wildman–Crippen LogP) is 4.05. The van der Waals surface area contributed by atoms with Crippen LogP contribution in [0.2, 0.25) is 0 Å². The highest BCUT2D eigenvalue weighted by Crippen LogP contribution is 2.28. The van der Waals surface area contributed by atoms with Crippen molar-refractivity contribution in [2.45, 2.75) is 38.6 Å². The number of rotatable bonds is 5. The smallest absolute Gasteiger partial charge is 0.272 e. The minimum atomic E-state index is -0.135. The monoisotopic (exact) mass is 321 g/mol. The van der Waals surface area contributed by atoms with Gasteiger partial charge in [-0.15, -0.1) is 0 Å². The Bertz CT molecular complexity index is 836. The van der Waals surface area contributed by atoms with Gasteiger partial charge in [-0.1, -0.05) is 62.4 Å². The molecule has 2 aromatic carbocycles. The molecule has 0 saturated carbocycles. The molecule has 0 saturated heterocycles. The van der Waals surface area contributed by atoms with Crippen LogP contribution in [-0.2, 0) is 5.41 Å². The summed E-state index contributed by atoms with van der Waals surface area (Å²) in [4.78, 5) is 12.6. The molecule has 1 aromatic heterocycles. The zero-order valence-corrected chi connectivity index (χ0v) is 14.3. The highest BCUT2D eigenvalue weighted by molar-refractivity contribution is 6.04. The molecule has 124 valence electrons. The number of para-hydroxylation sites is 1. The van der Waals surface area contributed by atoms with E-state index in [4.69, 9.17) is 0 Å². The molecular formula is C20H23N3O. The summed E-state index contributed by atoms with van der Waals surface area (Å²) in [5.41, 5.74) is 2.59. The number of hydrogen-bond acceptors (Lipinski definition) is 2. The van der Waals surface area contributed by atoms with Crippen molar-refractivity contribution in [1.29, 1.82) is 0 Å². The number of carbonyl (C=O) groups excluding carboxylic acids is 1. The van der Waals surface area contributed by atoms with Crippen molar-refractivity contribution < 1.29 is 4.79 Å². The molecule has 4 nitrogen and oxygen atoms in total. The molecule has 0 unspecified atom stereocenters. The van der Waals surface area contributed by atoms with Gasteiger partial charge in [0.2, 0.25) is 0 Å². The van der Waals surface area contributed by atoms with Crippen molar-refractivity contribution in [3.63, 3.8) is 0 Å². The summed E-state index contributed by atoms with van der Waals surface area (Å²) >= 11 is 0. The van der Waals surface area contributed by atoms with Crippen LogP contribution in [0.1, 0.15) is 43.2 Å². The number of H-pyrrole nitrogens is 1. The molecule has 4 heteroatoms. The summed E-state index contributed by atoms with van der Waals surface area (Å²) in [6.07, 6.45) is 0.852. The largest absolute Gasteiger partial charge is 0.348 e. The second-order valence-corrected chi connectivity index (χ2v) is 6.95. The van der Waals surface area contributed by atoms with E-state index >= 15 is 0 Å². The molecule has 2 N–H and O–H groups in total. The summed E-state index contributed by atoms with van der Waals surface area (Å²) in [7, 11) is 0. The summed E-state index contributed by atoms with van der Waals surface area (Å²) in [6.45, 7) is 6.45. The number of nitrogens with one attached hydrogen (secondary N) is 2. The lowest BCUT2D eigenvalue weighted by Gasteiger charge is -2.29. The maximum atomic E-state index is 12.6. The Hall–Kier alpha value is -2.62. The van der Waals surface area contributed by atoms with E-state index in [0.29, 0.717) is 5.69 Å². The number of fused-ring (bicyclic) bond motifs is 1. The zero-order chi connectivity index (χ0) is 17.2. The van der Waals surface area contributed by atoms with Crippen LogP contribution in [-0.4, -0.2) is 22.1 Å². The molecule has 0 aliphatic rings.